The van der Waals surface area contributed by atoms with Crippen LogP contribution in [0.4, 0.5) is 5.69 Å². The van der Waals surface area contributed by atoms with Gasteiger partial charge in [-0.25, -0.2) is 0 Å². The van der Waals surface area contributed by atoms with Crippen LogP contribution in [0.1, 0.15) is 30.9 Å². The van der Waals surface area contributed by atoms with Gasteiger partial charge in [-0.05, 0) is 42.0 Å². The monoisotopic (exact) mass is 466 g/mol. The minimum atomic E-state index is -0.549. The molecule has 3 fully saturated rings. The first-order chi connectivity index (χ1) is 16.5. The minimum absolute atomic E-state index is 0.00183. The van der Waals surface area contributed by atoms with Crippen LogP contribution in [-0.4, -0.2) is 63.0 Å². The van der Waals surface area contributed by atoms with Crippen molar-refractivity contribution in [3.63, 3.8) is 0 Å². The van der Waals surface area contributed by atoms with E-state index in [0.29, 0.717) is 44.9 Å². The highest BCUT2D eigenvalue weighted by molar-refractivity contribution is 6.01. The van der Waals surface area contributed by atoms with Gasteiger partial charge in [-0.15, -0.1) is 0 Å². The van der Waals surface area contributed by atoms with Crippen LogP contribution in [0.5, 0.6) is 11.5 Å². The van der Waals surface area contributed by atoms with E-state index >= 15 is 0 Å². The molecule has 8 heteroatoms. The van der Waals surface area contributed by atoms with E-state index in [2.05, 4.69) is 0 Å². The summed E-state index contributed by atoms with van der Waals surface area (Å²) in [5.74, 6) is 0.334. The van der Waals surface area contributed by atoms with Gasteiger partial charge in [0.2, 0.25) is 11.8 Å². The average Bonchev–Trinajstić information content (AvgIpc) is 3.48. The third-order valence-corrected chi connectivity index (χ3v) is 7.10. The predicted molar refractivity (Wildman–Crippen MR) is 125 cm³/mol. The molecule has 0 bridgehead atoms. The number of likely N-dealkylation sites (tertiary alicyclic amines) is 1. The van der Waals surface area contributed by atoms with Crippen molar-refractivity contribution in [2.45, 2.75) is 31.1 Å². The lowest BCUT2D eigenvalue weighted by atomic mass is 9.91. The van der Waals surface area contributed by atoms with Gasteiger partial charge in [0.25, 0.3) is 0 Å². The van der Waals surface area contributed by atoms with Gasteiger partial charge >= 0.3 is 0 Å². The van der Waals surface area contributed by atoms with Gasteiger partial charge in [-0.2, -0.15) is 0 Å². The number of anilines is 1. The molecule has 180 valence electrons. The van der Waals surface area contributed by atoms with Crippen LogP contribution in [0, 0.1) is 5.92 Å². The molecular weight excluding hydrogens is 436 g/mol. The first kappa shape index (κ1) is 22.7. The molecule has 2 atom stereocenters. The lowest BCUT2D eigenvalue weighted by molar-refractivity contribution is -0.188. The van der Waals surface area contributed by atoms with Gasteiger partial charge in [0.15, 0.2) is 5.79 Å². The molecule has 0 unspecified atom stereocenters. The standard InChI is InChI=1S/C26H30N2O6/c1-31-20-7-3-18(4-8-20)24-22(17-23(29)28(24)19-5-9-21(32-2)10-6-19)25(30)27-13-11-26(12-14-27)33-15-16-34-26/h3-10,22,24H,11-17H2,1-2H3/t22-,24-/m1/s1. The van der Waals surface area contributed by atoms with Crippen LogP contribution in [0.15, 0.2) is 48.5 Å². The maximum absolute atomic E-state index is 13.8. The van der Waals surface area contributed by atoms with Crippen molar-refractivity contribution in [2.75, 3.05) is 45.4 Å². The van der Waals surface area contributed by atoms with Crippen molar-refractivity contribution in [2.24, 2.45) is 5.92 Å². The van der Waals surface area contributed by atoms with Crippen LogP contribution >= 0.6 is 0 Å². The number of nitrogens with zero attached hydrogens (tertiary/aromatic N) is 2. The molecule has 2 aromatic rings. The Morgan fingerprint density at radius 2 is 1.47 bits per heavy atom. The third kappa shape index (κ3) is 4.12. The second-order valence-corrected chi connectivity index (χ2v) is 8.92. The number of piperidine rings is 1. The smallest absolute Gasteiger partial charge is 0.228 e. The number of ether oxygens (including phenoxy) is 4. The molecule has 3 saturated heterocycles. The third-order valence-electron chi connectivity index (χ3n) is 7.10. The number of carbonyl (C=O) groups excluding carboxylic acids is 2. The summed E-state index contributed by atoms with van der Waals surface area (Å²) in [5.41, 5.74) is 1.64. The van der Waals surface area contributed by atoms with Crippen molar-refractivity contribution in [1.82, 2.24) is 4.90 Å². The van der Waals surface area contributed by atoms with Crippen molar-refractivity contribution in [1.29, 1.82) is 0 Å². The highest BCUT2D eigenvalue weighted by Gasteiger charge is 2.48. The Labute approximate surface area is 199 Å². The van der Waals surface area contributed by atoms with Gasteiger partial charge in [0.1, 0.15) is 11.5 Å². The van der Waals surface area contributed by atoms with E-state index in [1.807, 2.05) is 53.4 Å². The first-order valence-corrected chi connectivity index (χ1v) is 11.7. The van der Waals surface area contributed by atoms with E-state index in [1.165, 1.54) is 0 Å². The van der Waals surface area contributed by atoms with Gasteiger partial charge in [0, 0.05) is 38.0 Å². The Kier molecular flexibility index (Phi) is 6.18. The molecule has 2 amide bonds. The molecule has 3 heterocycles. The second kappa shape index (κ2) is 9.27. The van der Waals surface area contributed by atoms with Crippen LogP contribution in [0.25, 0.3) is 0 Å². The second-order valence-electron chi connectivity index (χ2n) is 8.92. The van der Waals surface area contributed by atoms with E-state index in [0.717, 1.165) is 17.0 Å². The maximum atomic E-state index is 13.8. The minimum Gasteiger partial charge on any atom is -0.497 e. The lowest BCUT2D eigenvalue weighted by Gasteiger charge is -2.39. The SMILES string of the molecule is COc1ccc([C@@H]2[C@H](C(=O)N3CCC4(CC3)OCCO4)CC(=O)N2c2ccc(OC)cc2)cc1. The van der Waals surface area contributed by atoms with Gasteiger partial charge < -0.3 is 28.7 Å². The summed E-state index contributed by atoms with van der Waals surface area (Å²) in [4.78, 5) is 30.7. The number of carbonyl (C=O) groups is 2. The van der Waals surface area contributed by atoms with Gasteiger partial charge in [-0.1, -0.05) is 12.1 Å². The van der Waals surface area contributed by atoms with E-state index in [4.69, 9.17) is 18.9 Å². The van der Waals surface area contributed by atoms with E-state index in [-0.39, 0.29) is 18.2 Å². The van der Waals surface area contributed by atoms with Gasteiger partial charge in [-0.3, -0.25) is 9.59 Å². The van der Waals surface area contributed by atoms with Crippen molar-refractivity contribution in [3.05, 3.63) is 54.1 Å². The van der Waals surface area contributed by atoms with E-state index in [1.54, 1.807) is 19.1 Å². The molecule has 3 aliphatic rings. The summed E-state index contributed by atoms with van der Waals surface area (Å²) in [6, 6.07) is 14.6. The van der Waals surface area contributed by atoms with Crippen LogP contribution in [0.2, 0.25) is 0 Å². The van der Waals surface area contributed by atoms with Crippen molar-refractivity contribution < 1.29 is 28.5 Å². The Hall–Kier alpha value is -3.10. The van der Waals surface area contributed by atoms with Gasteiger partial charge in [0.05, 0.1) is 39.4 Å². The Balaban J connectivity index is 1.43. The largest absolute Gasteiger partial charge is 0.497 e. The number of methoxy groups -OCH3 is 2. The molecule has 34 heavy (non-hydrogen) atoms. The summed E-state index contributed by atoms with van der Waals surface area (Å²) in [7, 11) is 3.22. The number of hydrogen-bond acceptors (Lipinski definition) is 6. The summed E-state index contributed by atoms with van der Waals surface area (Å²) in [6.45, 7) is 2.31. The van der Waals surface area contributed by atoms with Crippen molar-refractivity contribution in [3.8, 4) is 11.5 Å². The zero-order chi connectivity index (χ0) is 23.7. The molecule has 8 nitrogen and oxygen atoms in total. The average molecular weight is 467 g/mol. The summed E-state index contributed by atoms with van der Waals surface area (Å²) < 4.78 is 22.2. The Morgan fingerprint density at radius 1 is 0.912 bits per heavy atom. The summed E-state index contributed by atoms with van der Waals surface area (Å²) in [6.07, 6.45) is 1.46. The molecule has 3 aliphatic heterocycles. The number of benzene rings is 2. The Bertz CT molecular complexity index is 1020. The molecule has 0 aliphatic carbocycles. The highest BCUT2D eigenvalue weighted by Crippen LogP contribution is 2.43. The Morgan fingerprint density at radius 3 is 2.03 bits per heavy atom. The topological polar surface area (TPSA) is 77.5 Å². The zero-order valence-electron chi connectivity index (χ0n) is 19.6. The number of hydrogen-bond donors (Lipinski definition) is 0. The first-order valence-electron chi connectivity index (χ1n) is 11.7. The molecule has 1 spiro atoms. The van der Waals surface area contributed by atoms with Crippen LogP contribution in [-0.2, 0) is 19.1 Å². The number of amides is 2. The molecule has 0 saturated carbocycles. The fraction of sp³-hybridized carbons (Fsp3) is 0.462. The predicted octanol–water partition coefficient (Wildman–Crippen LogP) is 3.16. The molecule has 0 aromatic heterocycles. The molecule has 2 aromatic carbocycles. The summed E-state index contributed by atoms with van der Waals surface area (Å²) >= 11 is 0. The van der Waals surface area contributed by atoms with Crippen molar-refractivity contribution >= 4 is 17.5 Å². The van der Waals surface area contributed by atoms with Crippen LogP contribution < -0.4 is 14.4 Å². The normalized spacial score (nSPS) is 24.0. The molecule has 5 rings (SSSR count). The fourth-order valence-electron chi connectivity index (χ4n) is 5.27. The lowest BCUT2D eigenvalue weighted by Crippen LogP contribution is -2.49. The highest BCUT2D eigenvalue weighted by atomic mass is 16.7. The number of rotatable bonds is 5. The molecule has 0 N–H and O–H groups in total. The molecule has 0 radical (unpaired) electrons. The van der Waals surface area contributed by atoms with Crippen LogP contribution in [0.3, 0.4) is 0 Å². The molecular formula is C26H30N2O6. The maximum Gasteiger partial charge on any atom is 0.228 e. The zero-order valence-corrected chi connectivity index (χ0v) is 19.6. The summed E-state index contributed by atoms with van der Waals surface area (Å²) in [5, 5.41) is 0. The quantitative estimate of drug-likeness (QED) is 0.674. The van der Waals surface area contributed by atoms with E-state index in [9.17, 15) is 9.59 Å². The van der Waals surface area contributed by atoms with E-state index < -0.39 is 17.7 Å². The fourth-order valence-corrected chi connectivity index (χ4v) is 5.27.